The Morgan fingerprint density at radius 3 is 2.00 bits per heavy atom. The van der Waals surface area contributed by atoms with Crippen molar-refractivity contribution in [2.75, 3.05) is 5.73 Å². The average Bonchev–Trinajstić information content (AvgIpc) is 1.69. The van der Waals surface area contributed by atoms with Crippen molar-refractivity contribution in [1.29, 1.82) is 0 Å². The van der Waals surface area contributed by atoms with Crippen LogP contribution in [0.4, 0.5) is 5.69 Å². The van der Waals surface area contributed by atoms with Crippen molar-refractivity contribution in [3.8, 4) is 0 Å². The van der Waals surface area contributed by atoms with Crippen molar-refractivity contribution < 1.29 is 58.2 Å². The van der Waals surface area contributed by atoms with Crippen molar-refractivity contribution in [2.45, 2.75) is 0 Å². The third-order valence-corrected chi connectivity index (χ3v) is 0.744. The molecular weight excluding hydrogens is 172 g/mol. The van der Waals surface area contributed by atoms with Gasteiger partial charge in [-0.2, -0.15) is 18.2 Å². The summed E-state index contributed by atoms with van der Waals surface area (Å²) >= 11 is 0. The summed E-state index contributed by atoms with van der Waals surface area (Å²) in [5.41, 5.74) is 6.13. The van der Waals surface area contributed by atoms with Crippen molar-refractivity contribution >= 4 is 5.69 Å². The molecule has 0 amide bonds. The Morgan fingerprint density at radius 1 is 1.25 bits per heavy atom. The van der Waals surface area contributed by atoms with Crippen LogP contribution < -0.4 is 63.9 Å². The molecule has 0 aliphatic rings. The molecule has 0 aliphatic carbocycles. The minimum atomic E-state index is 0. The Morgan fingerprint density at radius 2 is 1.75 bits per heavy atom. The van der Waals surface area contributed by atoms with Gasteiger partial charge in [0, 0.05) is 0 Å². The van der Waals surface area contributed by atoms with Gasteiger partial charge >= 0.3 is 58.2 Å². The van der Waals surface area contributed by atoms with Crippen LogP contribution in [0.2, 0.25) is 0 Å². The Bertz CT molecular complexity index is 138. The van der Waals surface area contributed by atoms with Gasteiger partial charge < -0.3 is 5.73 Å². The molecule has 0 heterocycles. The first-order valence-electron chi connectivity index (χ1n) is 2.11. The number of benzene rings is 1. The van der Waals surface area contributed by atoms with E-state index in [0.717, 1.165) is 5.69 Å². The number of anilines is 1. The number of nitrogens with two attached hydrogens (primary N) is 1. The third kappa shape index (κ3) is 2.97. The van der Waals surface area contributed by atoms with Crippen LogP contribution in [-0.2, 0) is 0 Å². The van der Waals surface area contributed by atoms with Gasteiger partial charge in [0.2, 0.25) is 0 Å². The SMILES string of the molecule is Nc1cc[c-]cc1.[Rb+]. The van der Waals surface area contributed by atoms with Gasteiger partial charge in [-0.3, -0.25) is 0 Å². The molecule has 0 fully saturated rings. The first kappa shape index (κ1) is 8.83. The molecule has 8 heavy (non-hydrogen) atoms. The second kappa shape index (κ2) is 4.68. The van der Waals surface area contributed by atoms with Gasteiger partial charge in [-0.15, -0.1) is 12.1 Å². The van der Waals surface area contributed by atoms with E-state index in [1.807, 2.05) is 0 Å². The Hall–Kier alpha value is 0.825. The Labute approximate surface area is 98.1 Å². The summed E-state index contributed by atoms with van der Waals surface area (Å²) in [6.07, 6.45) is 0. The van der Waals surface area contributed by atoms with E-state index < -0.39 is 0 Å². The molecule has 0 bridgehead atoms. The molecule has 1 rings (SSSR count). The summed E-state index contributed by atoms with van der Waals surface area (Å²) in [6, 6.07) is 10.0. The van der Waals surface area contributed by atoms with Crippen LogP contribution in [0.1, 0.15) is 0 Å². The molecule has 0 radical (unpaired) electrons. The standard InChI is InChI=1S/C6H6N.Rb/c7-6-4-2-1-3-5-6;/h2-5H,7H2;/q-1;+1. The first-order valence-corrected chi connectivity index (χ1v) is 2.11. The second-order valence-electron chi connectivity index (χ2n) is 1.33. The molecular formula is C6H6NRb. The molecule has 0 aliphatic heterocycles. The molecule has 0 unspecified atom stereocenters. The maximum absolute atomic E-state index is 5.34. The summed E-state index contributed by atoms with van der Waals surface area (Å²) < 4.78 is 0. The van der Waals surface area contributed by atoms with E-state index in [2.05, 4.69) is 6.07 Å². The number of hydrogen-bond acceptors (Lipinski definition) is 1. The molecule has 2 heteroatoms. The van der Waals surface area contributed by atoms with Crippen LogP contribution in [0.15, 0.2) is 24.3 Å². The summed E-state index contributed by atoms with van der Waals surface area (Å²) in [6.45, 7) is 0. The monoisotopic (exact) mass is 177 g/mol. The fourth-order valence-corrected chi connectivity index (χ4v) is 0.400. The molecule has 2 N–H and O–H groups in total. The van der Waals surface area contributed by atoms with Gasteiger partial charge in [0.1, 0.15) is 0 Å². The summed E-state index contributed by atoms with van der Waals surface area (Å²) in [5, 5.41) is 0. The number of hydrogen-bond donors (Lipinski definition) is 1. The van der Waals surface area contributed by atoms with Gasteiger partial charge in [-0.1, -0.05) is 5.69 Å². The van der Waals surface area contributed by atoms with Crippen molar-refractivity contribution in [2.24, 2.45) is 0 Å². The third-order valence-electron chi connectivity index (χ3n) is 0.744. The van der Waals surface area contributed by atoms with E-state index in [0.29, 0.717) is 0 Å². The van der Waals surface area contributed by atoms with E-state index in [-0.39, 0.29) is 58.2 Å². The van der Waals surface area contributed by atoms with E-state index in [4.69, 9.17) is 5.73 Å². The minimum absolute atomic E-state index is 0. The fourth-order valence-electron chi connectivity index (χ4n) is 0.400. The number of rotatable bonds is 0. The van der Waals surface area contributed by atoms with Gasteiger partial charge in [-0.05, 0) is 0 Å². The maximum Gasteiger partial charge on any atom is 1.00 e. The quantitative estimate of drug-likeness (QED) is 0.363. The first-order chi connectivity index (χ1) is 3.39. The van der Waals surface area contributed by atoms with E-state index >= 15 is 0 Å². The zero-order valence-corrected chi connectivity index (χ0v) is 9.80. The Balaban J connectivity index is 0.000000490. The number of nitrogen functional groups attached to an aromatic ring is 1. The van der Waals surface area contributed by atoms with Crippen molar-refractivity contribution in [3.63, 3.8) is 0 Å². The summed E-state index contributed by atoms with van der Waals surface area (Å²) in [4.78, 5) is 0. The van der Waals surface area contributed by atoms with Gasteiger partial charge in [0.15, 0.2) is 0 Å². The largest absolute Gasteiger partial charge is 1.00 e. The van der Waals surface area contributed by atoms with Gasteiger partial charge in [0.05, 0.1) is 0 Å². The smallest absolute Gasteiger partial charge is 0.419 e. The molecule has 1 aromatic rings. The van der Waals surface area contributed by atoms with Crippen molar-refractivity contribution in [1.82, 2.24) is 0 Å². The van der Waals surface area contributed by atoms with Crippen LogP contribution >= 0.6 is 0 Å². The molecule has 0 spiro atoms. The maximum atomic E-state index is 5.34. The van der Waals surface area contributed by atoms with Crippen LogP contribution in [0.5, 0.6) is 0 Å². The van der Waals surface area contributed by atoms with Crippen LogP contribution in [0.3, 0.4) is 0 Å². The Kier molecular flexibility index (Phi) is 5.16. The topological polar surface area (TPSA) is 26.0 Å². The minimum Gasteiger partial charge on any atom is -0.419 e. The molecule has 0 saturated heterocycles. The molecule has 36 valence electrons. The van der Waals surface area contributed by atoms with Crippen LogP contribution in [0.25, 0.3) is 0 Å². The normalized spacial score (nSPS) is 7.50. The molecule has 0 aromatic heterocycles. The van der Waals surface area contributed by atoms with E-state index in [9.17, 15) is 0 Å². The second-order valence-corrected chi connectivity index (χ2v) is 1.33. The molecule has 0 atom stereocenters. The molecule has 1 nitrogen and oxygen atoms in total. The predicted molar refractivity (Wildman–Crippen MR) is 29.7 cm³/mol. The van der Waals surface area contributed by atoms with Gasteiger partial charge in [0.25, 0.3) is 0 Å². The van der Waals surface area contributed by atoms with E-state index in [1.54, 1.807) is 24.3 Å². The fraction of sp³-hybridized carbons (Fsp3) is 0. The van der Waals surface area contributed by atoms with Gasteiger partial charge in [-0.25, -0.2) is 0 Å². The zero-order valence-electron chi connectivity index (χ0n) is 4.89. The van der Waals surface area contributed by atoms with Crippen LogP contribution in [0, 0.1) is 6.07 Å². The van der Waals surface area contributed by atoms with E-state index in [1.165, 1.54) is 0 Å². The molecule has 1 aromatic carbocycles. The predicted octanol–water partition coefficient (Wildman–Crippen LogP) is -1.93. The summed E-state index contributed by atoms with van der Waals surface area (Å²) in [7, 11) is 0. The summed E-state index contributed by atoms with van der Waals surface area (Å²) in [5.74, 6) is 0. The average molecular weight is 178 g/mol. The molecule has 0 saturated carbocycles. The van der Waals surface area contributed by atoms with Crippen LogP contribution in [-0.4, -0.2) is 0 Å². The zero-order chi connectivity index (χ0) is 5.11. The van der Waals surface area contributed by atoms with Crippen molar-refractivity contribution in [3.05, 3.63) is 30.3 Å².